The van der Waals surface area contributed by atoms with Crippen LogP contribution >= 0.6 is 0 Å². The number of Topliss-reactive ketones (excluding diaryl/α,β-unsaturated/α-hetero) is 2. The predicted octanol–water partition coefficient (Wildman–Crippen LogP) is 5.01. The molecule has 0 saturated heterocycles. The molecule has 166 valence electrons. The van der Waals surface area contributed by atoms with Gasteiger partial charge in [0, 0.05) is 30.9 Å². The number of anilines is 1. The van der Waals surface area contributed by atoms with E-state index in [9.17, 15) is 9.59 Å². The lowest BCUT2D eigenvalue weighted by Gasteiger charge is -2.11. The highest BCUT2D eigenvalue weighted by molar-refractivity contribution is 5.99. The molecule has 0 aliphatic rings. The van der Waals surface area contributed by atoms with Crippen molar-refractivity contribution in [2.75, 3.05) is 11.9 Å². The number of carbonyl (C=O) groups excluding carboxylic acids is 2. The number of aryl methyl sites for hydroxylation is 1. The van der Waals surface area contributed by atoms with Gasteiger partial charge in [-0.3, -0.25) is 14.0 Å². The summed E-state index contributed by atoms with van der Waals surface area (Å²) in [4.78, 5) is 29.0. The van der Waals surface area contributed by atoms with Gasteiger partial charge in [0.1, 0.15) is 11.6 Å². The Morgan fingerprint density at radius 3 is 2.55 bits per heavy atom. The van der Waals surface area contributed by atoms with E-state index in [1.165, 1.54) is 0 Å². The van der Waals surface area contributed by atoms with Crippen LogP contribution in [0.15, 0.2) is 18.2 Å². The van der Waals surface area contributed by atoms with Crippen molar-refractivity contribution < 1.29 is 9.59 Å². The average Bonchev–Trinajstić information content (AvgIpc) is 3.11. The summed E-state index contributed by atoms with van der Waals surface area (Å²) in [6.07, 6.45) is 3.99. The van der Waals surface area contributed by atoms with Crippen molar-refractivity contribution in [3.05, 3.63) is 29.6 Å². The molecule has 2 aromatic heterocycles. The van der Waals surface area contributed by atoms with Crippen LogP contribution in [0.2, 0.25) is 0 Å². The number of carbonyl (C=O) groups is 2. The van der Waals surface area contributed by atoms with Crippen LogP contribution in [0.4, 0.5) is 5.82 Å². The molecular weight excluding hydrogens is 390 g/mol. The zero-order valence-electron chi connectivity index (χ0n) is 19.2. The summed E-state index contributed by atoms with van der Waals surface area (Å²) in [7, 11) is 0. The first kappa shape index (κ1) is 22.8. The molecule has 0 fully saturated rings. The van der Waals surface area contributed by atoms with Gasteiger partial charge in [0.05, 0.1) is 11.0 Å². The Hall–Kier alpha value is -2.83. The van der Waals surface area contributed by atoms with E-state index in [0.29, 0.717) is 41.6 Å². The van der Waals surface area contributed by atoms with Crippen LogP contribution in [0.25, 0.3) is 16.7 Å². The third-order valence-electron chi connectivity index (χ3n) is 5.44. The van der Waals surface area contributed by atoms with Gasteiger partial charge >= 0.3 is 0 Å². The molecule has 31 heavy (non-hydrogen) atoms. The fraction of sp³-hybridized carbons (Fsp3) is 0.542. The third kappa shape index (κ3) is 5.46. The Labute approximate surface area is 183 Å². The second kappa shape index (κ2) is 9.98. The molecule has 0 aliphatic carbocycles. The molecule has 0 bridgehead atoms. The van der Waals surface area contributed by atoms with Gasteiger partial charge in [-0.15, -0.1) is 10.2 Å². The Bertz CT molecular complexity index is 1080. The number of nitrogens with one attached hydrogen (secondary N) is 1. The van der Waals surface area contributed by atoms with Gasteiger partial charge in [-0.2, -0.15) is 0 Å². The molecule has 3 aromatic rings. The first-order valence-electron chi connectivity index (χ1n) is 11.2. The average molecular weight is 424 g/mol. The van der Waals surface area contributed by atoms with Crippen molar-refractivity contribution >= 4 is 34.1 Å². The normalized spacial score (nSPS) is 11.7. The topological polar surface area (TPSA) is 89.2 Å². The second-order valence-corrected chi connectivity index (χ2v) is 8.95. The SMILES string of the molecule is Cc1nnc2c(NCCCCCC(=O)C(C)C)nc3cc(C(=O)CC(C)C)ccc3n12. The number of hydrogen-bond acceptors (Lipinski definition) is 6. The molecule has 0 unspecified atom stereocenters. The molecule has 3 rings (SSSR count). The van der Waals surface area contributed by atoms with Crippen molar-refractivity contribution in [2.45, 2.75) is 66.7 Å². The third-order valence-corrected chi connectivity index (χ3v) is 5.44. The Morgan fingerprint density at radius 2 is 1.84 bits per heavy atom. The van der Waals surface area contributed by atoms with E-state index in [1.807, 2.05) is 57.2 Å². The Kier molecular flexibility index (Phi) is 7.36. The first-order chi connectivity index (χ1) is 14.8. The molecule has 0 amide bonds. The van der Waals surface area contributed by atoms with Gasteiger partial charge in [0.25, 0.3) is 0 Å². The zero-order valence-corrected chi connectivity index (χ0v) is 19.2. The van der Waals surface area contributed by atoms with Gasteiger partial charge < -0.3 is 5.32 Å². The summed E-state index contributed by atoms with van der Waals surface area (Å²) < 4.78 is 1.97. The summed E-state index contributed by atoms with van der Waals surface area (Å²) in [5, 5.41) is 11.9. The van der Waals surface area contributed by atoms with Crippen LogP contribution in [-0.4, -0.2) is 37.7 Å². The molecule has 0 saturated carbocycles. The van der Waals surface area contributed by atoms with Crippen LogP contribution in [0.3, 0.4) is 0 Å². The van der Waals surface area contributed by atoms with Crippen molar-refractivity contribution in [2.24, 2.45) is 11.8 Å². The van der Waals surface area contributed by atoms with Gasteiger partial charge in [0.15, 0.2) is 11.6 Å². The maximum absolute atomic E-state index is 12.5. The molecule has 7 heteroatoms. The minimum absolute atomic E-state index is 0.113. The second-order valence-electron chi connectivity index (χ2n) is 8.95. The Morgan fingerprint density at radius 1 is 1.06 bits per heavy atom. The number of ketones is 2. The summed E-state index contributed by atoms with van der Waals surface area (Å²) in [5.41, 5.74) is 2.99. The number of nitrogens with zero attached hydrogens (tertiary/aromatic N) is 4. The number of rotatable bonds is 11. The van der Waals surface area contributed by atoms with E-state index >= 15 is 0 Å². The molecule has 0 spiro atoms. The molecule has 2 heterocycles. The lowest BCUT2D eigenvalue weighted by molar-refractivity contribution is -0.122. The van der Waals surface area contributed by atoms with E-state index in [0.717, 1.165) is 42.7 Å². The van der Waals surface area contributed by atoms with Crippen molar-refractivity contribution in [3.8, 4) is 0 Å². The van der Waals surface area contributed by atoms with Gasteiger partial charge in [-0.25, -0.2) is 4.98 Å². The van der Waals surface area contributed by atoms with E-state index in [4.69, 9.17) is 4.98 Å². The number of benzene rings is 1. The minimum Gasteiger partial charge on any atom is -0.367 e. The number of aromatic nitrogens is 4. The quantitative estimate of drug-likeness (QED) is 0.344. The van der Waals surface area contributed by atoms with E-state index < -0.39 is 0 Å². The highest BCUT2D eigenvalue weighted by Crippen LogP contribution is 2.23. The molecule has 0 aliphatic heterocycles. The molecule has 0 atom stereocenters. The van der Waals surface area contributed by atoms with E-state index in [2.05, 4.69) is 15.5 Å². The monoisotopic (exact) mass is 423 g/mol. The summed E-state index contributed by atoms with van der Waals surface area (Å²) >= 11 is 0. The largest absolute Gasteiger partial charge is 0.367 e. The lowest BCUT2D eigenvalue weighted by atomic mass is 10.0. The fourth-order valence-electron chi connectivity index (χ4n) is 3.65. The number of hydrogen-bond donors (Lipinski definition) is 1. The number of fused-ring (bicyclic) bond motifs is 3. The minimum atomic E-state index is 0.113. The van der Waals surface area contributed by atoms with Crippen LogP contribution in [-0.2, 0) is 4.79 Å². The summed E-state index contributed by atoms with van der Waals surface area (Å²) in [6, 6.07) is 5.65. The molecule has 1 N–H and O–H groups in total. The van der Waals surface area contributed by atoms with Crippen molar-refractivity contribution in [3.63, 3.8) is 0 Å². The summed E-state index contributed by atoms with van der Waals surface area (Å²) in [5.74, 6) is 2.32. The zero-order chi connectivity index (χ0) is 22.5. The van der Waals surface area contributed by atoms with Gasteiger partial charge in [0.2, 0.25) is 5.65 Å². The van der Waals surface area contributed by atoms with Gasteiger partial charge in [-0.1, -0.05) is 34.1 Å². The highest BCUT2D eigenvalue weighted by atomic mass is 16.1. The Balaban J connectivity index is 1.77. The summed E-state index contributed by atoms with van der Waals surface area (Å²) in [6.45, 7) is 10.6. The lowest BCUT2D eigenvalue weighted by Crippen LogP contribution is -2.09. The highest BCUT2D eigenvalue weighted by Gasteiger charge is 2.15. The maximum atomic E-state index is 12.5. The molecule has 1 aromatic carbocycles. The maximum Gasteiger partial charge on any atom is 0.204 e. The van der Waals surface area contributed by atoms with E-state index in [-0.39, 0.29) is 11.7 Å². The van der Waals surface area contributed by atoms with Crippen molar-refractivity contribution in [1.29, 1.82) is 0 Å². The van der Waals surface area contributed by atoms with Crippen molar-refractivity contribution in [1.82, 2.24) is 19.6 Å². The standard InChI is InChI=1S/C24H33N5O2/c1-15(2)13-22(31)18-10-11-20-19(14-18)26-23(24-28-27-17(5)29(20)24)25-12-8-6-7-9-21(30)16(3)4/h10-11,14-16H,6-9,12-13H2,1-5H3,(H,25,26). The predicted molar refractivity (Wildman–Crippen MR) is 124 cm³/mol. The molecule has 0 radical (unpaired) electrons. The van der Waals surface area contributed by atoms with Gasteiger partial charge in [-0.05, 0) is 43.9 Å². The van der Waals surface area contributed by atoms with Crippen LogP contribution < -0.4 is 5.32 Å². The smallest absolute Gasteiger partial charge is 0.204 e. The van der Waals surface area contributed by atoms with E-state index in [1.54, 1.807) is 0 Å². The van der Waals surface area contributed by atoms with Crippen LogP contribution in [0, 0.1) is 18.8 Å². The molecule has 7 nitrogen and oxygen atoms in total. The first-order valence-corrected chi connectivity index (χ1v) is 11.2. The van der Waals surface area contributed by atoms with Crippen LogP contribution in [0.1, 0.15) is 76.0 Å². The number of unbranched alkanes of at least 4 members (excludes halogenated alkanes) is 2. The molecular formula is C24H33N5O2. The van der Waals surface area contributed by atoms with Crippen LogP contribution in [0.5, 0.6) is 0 Å². The fourth-order valence-corrected chi connectivity index (χ4v) is 3.65.